The number of benzene rings is 3. The minimum Gasteiger partial charge on any atom is -0.484 e. The molecule has 32 heavy (non-hydrogen) atoms. The Balaban J connectivity index is 1.60. The first-order valence-electron chi connectivity index (χ1n) is 9.86. The van der Waals surface area contributed by atoms with Crippen LogP contribution in [0.2, 0.25) is 0 Å². The largest absolute Gasteiger partial charge is 0.484 e. The molecule has 0 aliphatic carbocycles. The van der Waals surface area contributed by atoms with Crippen LogP contribution in [0.3, 0.4) is 0 Å². The van der Waals surface area contributed by atoms with Gasteiger partial charge in [0.25, 0.3) is 15.9 Å². The summed E-state index contributed by atoms with van der Waals surface area (Å²) in [4.78, 5) is 23.8. The van der Waals surface area contributed by atoms with Gasteiger partial charge in [0, 0.05) is 18.3 Å². The fourth-order valence-corrected chi connectivity index (χ4v) is 4.12. The molecular weight excluding hydrogens is 428 g/mol. The average molecular weight is 453 g/mol. The lowest BCUT2D eigenvalue weighted by atomic mass is 10.1. The third-order valence-electron chi connectivity index (χ3n) is 4.80. The number of ether oxygens (including phenoxy) is 1. The van der Waals surface area contributed by atoms with E-state index in [0.29, 0.717) is 22.7 Å². The summed E-state index contributed by atoms with van der Waals surface area (Å²) in [6.45, 7) is 3.11. The van der Waals surface area contributed by atoms with Crippen molar-refractivity contribution in [2.45, 2.75) is 18.7 Å². The van der Waals surface area contributed by atoms with Crippen molar-refractivity contribution in [3.8, 4) is 5.75 Å². The Morgan fingerprint density at radius 2 is 1.62 bits per heavy atom. The van der Waals surface area contributed by atoms with Gasteiger partial charge in [0.15, 0.2) is 12.4 Å². The molecule has 3 aromatic carbocycles. The van der Waals surface area contributed by atoms with Crippen molar-refractivity contribution in [2.24, 2.45) is 0 Å². The zero-order valence-corrected chi connectivity index (χ0v) is 18.8. The first-order valence-corrected chi connectivity index (χ1v) is 11.3. The normalized spacial score (nSPS) is 11.0. The van der Waals surface area contributed by atoms with Crippen molar-refractivity contribution in [1.29, 1.82) is 0 Å². The maximum atomic E-state index is 12.8. The van der Waals surface area contributed by atoms with Crippen LogP contribution in [0.4, 0.5) is 11.4 Å². The molecule has 0 unspecified atom stereocenters. The maximum absolute atomic E-state index is 12.8. The minimum atomic E-state index is -3.69. The van der Waals surface area contributed by atoms with E-state index in [9.17, 15) is 18.0 Å². The van der Waals surface area contributed by atoms with Gasteiger partial charge in [0.1, 0.15) is 5.75 Å². The van der Waals surface area contributed by atoms with Gasteiger partial charge in [-0.1, -0.05) is 29.8 Å². The maximum Gasteiger partial charge on any atom is 0.264 e. The predicted molar refractivity (Wildman–Crippen MR) is 124 cm³/mol. The van der Waals surface area contributed by atoms with Gasteiger partial charge in [-0.2, -0.15) is 0 Å². The van der Waals surface area contributed by atoms with Crippen LogP contribution in [0.5, 0.6) is 5.75 Å². The first-order chi connectivity index (χ1) is 15.2. The molecule has 1 N–H and O–H groups in total. The molecule has 0 aromatic heterocycles. The number of nitrogens with zero attached hydrogens (tertiary/aromatic N) is 1. The number of ketones is 1. The summed E-state index contributed by atoms with van der Waals surface area (Å²) >= 11 is 0. The highest BCUT2D eigenvalue weighted by molar-refractivity contribution is 7.92. The Hall–Kier alpha value is -3.65. The van der Waals surface area contributed by atoms with Crippen LogP contribution in [0.15, 0.2) is 77.7 Å². The molecule has 0 atom stereocenters. The van der Waals surface area contributed by atoms with E-state index in [1.807, 2.05) is 6.92 Å². The molecule has 1 amide bonds. The highest BCUT2D eigenvalue weighted by atomic mass is 32.2. The fraction of sp³-hybridized carbons (Fsp3) is 0.167. The second-order valence-electron chi connectivity index (χ2n) is 7.25. The van der Waals surface area contributed by atoms with Gasteiger partial charge in [-0.3, -0.25) is 13.9 Å². The monoisotopic (exact) mass is 452 g/mol. The van der Waals surface area contributed by atoms with Crippen LogP contribution in [0.25, 0.3) is 0 Å². The molecule has 0 heterocycles. The van der Waals surface area contributed by atoms with E-state index in [2.05, 4.69) is 5.32 Å². The molecule has 7 nitrogen and oxygen atoms in total. The first kappa shape index (κ1) is 23.0. The van der Waals surface area contributed by atoms with E-state index in [1.165, 1.54) is 18.3 Å². The summed E-state index contributed by atoms with van der Waals surface area (Å²) in [7, 11) is -2.21. The zero-order valence-electron chi connectivity index (χ0n) is 18.0. The van der Waals surface area contributed by atoms with E-state index in [1.54, 1.807) is 72.8 Å². The van der Waals surface area contributed by atoms with Crippen molar-refractivity contribution >= 4 is 33.1 Å². The molecule has 0 saturated heterocycles. The van der Waals surface area contributed by atoms with Crippen LogP contribution in [-0.4, -0.2) is 33.8 Å². The van der Waals surface area contributed by atoms with Gasteiger partial charge in [-0.15, -0.1) is 0 Å². The highest BCUT2D eigenvalue weighted by Gasteiger charge is 2.21. The van der Waals surface area contributed by atoms with E-state index < -0.39 is 10.0 Å². The SMILES string of the molecule is CC(=O)c1cccc(NC(=O)COc2ccc(N(C)S(=O)(=O)c3ccc(C)cc3)cc2)c1. The molecule has 0 bridgehead atoms. The highest BCUT2D eigenvalue weighted by Crippen LogP contribution is 2.24. The number of anilines is 2. The zero-order chi connectivity index (χ0) is 23.3. The van der Waals surface area contributed by atoms with Gasteiger partial charge >= 0.3 is 0 Å². The number of sulfonamides is 1. The number of Topliss-reactive ketones (excluding diaryl/α,β-unsaturated/α-hetero) is 1. The Labute approximate surface area is 187 Å². The van der Waals surface area contributed by atoms with E-state index >= 15 is 0 Å². The smallest absolute Gasteiger partial charge is 0.264 e. The van der Waals surface area contributed by atoms with Crippen LogP contribution >= 0.6 is 0 Å². The van der Waals surface area contributed by atoms with E-state index in [4.69, 9.17) is 4.74 Å². The second kappa shape index (κ2) is 9.65. The van der Waals surface area contributed by atoms with Crippen molar-refractivity contribution in [3.63, 3.8) is 0 Å². The van der Waals surface area contributed by atoms with E-state index in [-0.39, 0.29) is 23.2 Å². The Morgan fingerprint density at radius 1 is 0.969 bits per heavy atom. The standard InChI is InChI=1S/C24H24N2O5S/c1-17-7-13-23(14-8-17)32(29,30)26(3)21-9-11-22(12-10-21)31-16-24(28)25-20-6-4-5-19(15-20)18(2)27/h4-15H,16H2,1-3H3,(H,25,28). The Morgan fingerprint density at radius 3 is 2.25 bits per heavy atom. The number of amides is 1. The van der Waals surface area contributed by atoms with Gasteiger partial charge in [0.05, 0.1) is 10.6 Å². The molecule has 0 spiro atoms. The third kappa shape index (κ3) is 5.53. The number of rotatable bonds is 8. The lowest BCUT2D eigenvalue weighted by Crippen LogP contribution is -2.26. The summed E-state index contributed by atoms with van der Waals surface area (Å²) in [5.74, 6) is -0.0526. The minimum absolute atomic E-state index is 0.0909. The van der Waals surface area contributed by atoms with Crippen LogP contribution < -0.4 is 14.4 Å². The van der Waals surface area contributed by atoms with Gasteiger partial charge in [-0.25, -0.2) is 8.42 Å². The molecule has 8 heteroatoms. The molecule has 3 aromatic rings. The lowest BCUT2D eigenvalue weighted by molar-refractivity contribution is -0.118. The molecule has 0 aliphatic heterocycles. The van der Waals surface area contributed by atoms with Crippen LogP contribution in [0, 0.1) is 6.92 Å². The van der Waals surface area contributed by atoms with Gasteiger partial charge < -0.3 is 10.1 Å². The average Bonchev–Trinajstić information content (AvgIpc) is 2.78. The lowest BCUT2D eigenvalue weighted by Gasteiger charge is -2.20. The predicted octanol–water partition coefficient (Wildman–Crippen LogP) is 4.04. The van der Waals surface area contributed by atoms with Gasteiger partial charge in [0.2, 0.25) is 0 Å². The molecule has 3 rings (SSSR count). The number of nitrogens with one attached hydrogen (secondary N) is 1. The van der Waals surface area contributed by atoms with E-state index in [0.717, 1.165) is 5.56 Å². The molecule has 0 aliphatic rings. The Kier molecular flexibility index (Phi) is 6.95. The van der Waals surface area contributed by atoms with Gasteiger partial charge in [-0.05, 0) is 62.4 Å². The molecule has 0 saturated carbocycles. The summed E-state index contributed by atoms with van der Waals surface area (Å²) in [6, 6.07) is 19.7. The van der Waals surface area contributed by atoms with Crippen molar-refractivity contribution in [2.75, 3.05) is 23.3 Å². The molecule has 0 radical (unpaired) electrons. The van der Waals surface area contributed by atoms with Crippen molar-refractivity contribution in [3.05, 3.63) is 83.9 Å². The number of aryl methyl sites for hydroxylation is 1. The number of hydrogen-bond acceptors (Lipinski definition) is 5. The number of hydrogen-bond donors (Lipinski definition) is 1. The third-order valence-corrected chi connectivity index (χ3v) is 6.60. The molecule has 0 fully saturated rings. The topological polar surface area (TPSA) is 92.8 Å². The summed E-state index contributed by atoms with van der Waals surface area (Å²) < 4.78 is 32.3. The summed E-state index contributed by atoms with van der Waals surface area (Å²) in [5.41, 5.74) is 2.45. The molecular formula is C24H24N2O5S. The van der Waals surface area contributed by atoms with Crippen LogP contribution in [0.1, 0.15) is 22.8 Å². The van der Waals surface area contributed by atoms with Crippen molar-refractivity contribution in [1.82, 2.24) is 0 Å². The number of carbonyl (C=O) groups is 2. The quantitative estimate of drug-likeness (QED) is 0.521. The summed E-state index contributed by atoms with van der Waals surface area (Å²) in [5, 5.41) is 2.68. The van der Waals surface area contributed by atoms with Crippen molar-refractivity contribution < 1.29 is 22.7 Å². The fourth-order valence-electron chi connectivity index (χ4n) is 2.92. The Bertz CT molecular complexity index is 1220. The molecule has 166 valence electrons. The summed E-state index contributed by atoms with van der Waals surface area (Å²) in [6.07, 6.45) is 0. The van der Waals surface area contributed by atoms with Crippen LogP contribution in [-0.2, 0) is 14.8 Å². The second-order valence-corrected chi connectivity index (χ2v) is 9.22. The number of carbonyl (C=O) groups excluding carboxylic acids is 2.